The van der Waals surface area contributed by atoms with Gasteiger partial charge in [0.05, 0.1) is 6.20 Å². The van der Waals surface area contributed by atoms with Crippen molar-refractivity contribution >= 4 is 6.08 Å². The molecule has 0 atom stereocenters. The van der Waals surface area contributed by atoms with Crippen molar-refractivity contribution in [3.05, 3.63) is 43.1 Å². The van der Waals surface area contributed by atoms with Gasteiger partial charge in [-0.3, -0.25) is 4.98 Å². The molecule has 13 heavy (non-hydrogen) atoms. The Labute approximate surface area is 75.8 Å². The van der Waals surface area contributed by atoms with Crippen LogP contribution in [0.25, 0.3) is 17.5 Å². The molecule has 2 heterocycles. The minimum absolute atomic E-state index is 0.676. The highest BCUT2D eigenvalue weighted by Crippen LogP contribution is 2.15. The van der Waals surface area contributed by atoms with Crippen molar-refractivity contribution < 1.29 is 4.42 Å². The van der Waals surface area contributed by atoms with Crippen LogP contribution < -0.4 is 0 Å². The number of rotatable bonds is 2. The van der Waals surface area contributed by atoms with E-state index in [9.17, 15) is 0 Å². The SMILES string of the molecule is C=Cc1ccc(-c2cnco2)nc1. The third kappa shape index (κ3) is 1.49. The van der Waals surface area contributed by atoms with Crippen molar-refractivity contribution in [2.75, 3.05) is 0 Å². The Bertz CT molecular complexity index is 389. The molecular formula is C10H8N2O. The molecule has 0 radical (unpaired) electrons. The predicted octanol–water partition coefficient (Wildman–Crippen LogP) is 2.38. The molecule has 0 bridgehead atoms. The van der Waals surface area contributed by atoms with Crippen molar-refractivity contribution in [2.24, 2.45) is 0 Å². The summed E-state index contributed by atoms with van der Waals surface area (Å²) < 4.78 is 5.09. The summed E-state index contributed by atoms with van der Waals surface area (Å²) in [5.74, 6) is 0.676. The summed E-state index contributed by atoms with van der Waals surface area (Å²) in [6.45, 7) is 3.65. The molecule has 0 N–H and O–H groups in total. The van der Waals surface area contributed by atoms with Gasteiger partial charge in [-0.05, 0) is 11.6 Å². The maximum atomic E-state index is 5.09. The van der Waals surface area contributed by atoms with Gasteiger partial charge in [-0.2, -0.15) is 0 Å². The maximum Gasteiger partial charge on any atom is 0.181 e. The van der Waals surface area contributed by atoms with Gasteiger partial charge in [0.25, 0.3) is 0 Å². The summed E-state index contributed by atoms with van der Waals surface area (Å²) in [7, 11) is 0. The van der Waals surface area contributed by atoms with Crippen molar-refractivity contribution in [3.8, 4) is 11.5 Å². The van der Waals surface area contributed by atoms with E-state index in [2.05, 4.69) is 16.5 Å². The van der Waals surface area contributed by atoms with Crippen LogP contribution in [0.4, 0.5) is 0 Å². The van der Waals surface area contributed by atoms with E-state index in [1.54, 1.807) is 18.5 Å². The van der Waals surface area contributed by atoms with Crippen LogP contribution in [0.5, 0.6) is 0 Å². The number of aromatic nitrogens is 2. The molecule has 64 valence electrons. The highest BCUT2D eigenvalue weighted by Gasteiger charge is 2.00. The molecule has 0 amide bonds. The normalized spacial score (nSPS) is 9.85. The predicted molar refractivity (Wildman–Crippen MR) is 49.8 cm³/mol. The number of oxazole rings is 1. The summed E-state index contributed by atoms with van der Waals surface area (Å²) in [5.41, 5.74) is 1.77. The molecule has 2 aromatic rings. The second-order valence-electron chi connectivity index (χ2n) is 2.55. The largest absolute Gasteiger partial charge is 0.442 e. The van der Waals surface area contributed by atoms with Crippen LogP contribution in [-0.4, -0.2) is 9.97 Å². The maximum absolute atomic E-state index is 5.09. The fraction of sp³-hybridized carbons (Fsp3) is 0. The third-order valence-electron chi connectivity index (χ3n) is 1.71. The van der Waals surface area contributed by atoms with E-state index in [1.165, 1.54) is 6.39 Å². The third-order valence-corrected chi connectivity index (χ3v) is 1.71. The lowest BCUT2D eigenvalue weighted by Crippen LogP contribution is -1.81. The van der Waals surface area contributed by atoms with Gasteiger partial charge in [0.2, 0.25) is 0 Å². The second-order valence-corrected chi connectivity index (χ2v) is 2.55. The first kappa shape index (κ1) is 7.73. The van der Waals surface area contributed by atoms with Crippen LogP contribution in [0.3, 0.4) is 0 Å². The Morgan fingerprint density at radius 1 is 1.31 bits per heavy atom. The first-order chi connectivity index (χ1) is 6.40. The monoisotopic (exact) mass is 172 g/mol. The van der Waals surface area contributed by atoms with Gasteiger partial charge in [0, 0.05) is 6.20 Å². The zero-order valence-corrected chi connectivity index (χ0v) is 6.97. The van der Waals surface area contributed by atoms with Gasteiger partial charge < -0.3 is 4.42 Å². The zero-order valence-electron chi connectivity index (χ0n) is 6.97. The Kier molecular flexibility index (Phi) is 1.92. The van der Waals surface area contributed by atoms with Crippen molar-refractivity contribution in [2.45, 2.75) is 0 Å². The van der Waals surface area contributed by atoms with Crippen LogP contribution in [-0.2, 0) is 0 Å². The van der Waals surface area contributed by atoms with E-state index < -0.39 is 0 Å². The smallest absolute Gasteiger partial charge is 0.181 e. The molecule has 0 saturated heterocycles. The number of hydrogen-bond acceptors (Lipinski definition) is 3. The van der Waals surface area contributed by atoms with Gasteiger partial charge in [0.15, 0.2) is 12.2 Å². The summed E-state index contributed by atoms with van der Waals surface area (Å²) in [6, 6.07) is 3.80. The van der Waals surface area contributed by atoms with Crippen LogP contribution in [0.2, 0.25) is 0 Å². The molecule has 3 nitrogen and oxygen atoms in total. The minimum atomic E-state index is 0.676. The molecule has 0 aliphatic heterocycles. The van der Waals surface area contributed by atoms with Crippen LogP contribution in [0, 0.1) is 0 Å². The molecule has 0 spiro atoms. The first-order valence-corrected chi connectivity index (χ1v) is 3.87. The average molecular weight is 172 g/mol. The van der Waals surface area contributed by atoms with Gasteiger partial charge in [-0.25, -0.2) is 4.98 Å². The van der Waals surface area contributed by atoms with Crippen LogP contribution >= 0.6 is 0 Å². The Morgan fingerprint density at radius 2 is 2.23 bits per heavy atom. The van der Waals surface area contributed by atoms with Crippen molar-refractivity contribution in [1.82, 2.24) is 9.97 Å². The molecule has 0 unspecified atom stereocenters. The highest BCUT2D eigenvalue weighted by atomic mass is 16.3. The van der Waals surface area contributed by atoms with Gasteiger partial charge in [0.1, 0.15) is 5.69 Å². The molecule has 0 fully saturated rings. The van der Waals surface area contributed by atoms with Gasteiger partial charge in [-0.1, -0.05) is 18.7 Å². The Hall–Kier alpha value is -1.90. The molecular weight excluding hydrogens is 164 g/mol. The fourth-order valence-corrected chi connectivity index (χ4v) is 1.01. The average Bonchev–Trinajstić information content (AvgIpc) is 2.71. The van der Waals surface area contributed by atoms with Crippen molar-refractivity contribution in [1.29, 1.82) is 0 Å². The summed E-state index contributed by atoms with van der Waals surface area (Å²) in [4.78, 5) is 8.00. The number of hydrogen-bond donors (Lipinski definition) is 0. The highest BCUT2D eigenvalue weighted by molar-refractivity contribution is 5.54. The van der Waals surface area contributed by atoms with Gasteiger partial charge >= 0.3 is 0 Å². The van der Waals surface area contributed by atoms with E-state index in [0.29, 0.717) is 5.76 Å². The number of nitrogens with zero attached hydrogens (tertiary/aromatic N) is 2. The van der Waals surface area contributed by atoms with Crippen molar-refractivity contribution in [3.63, 3.8) is 0 Å². The van der Waals surface area contributed by atoms with E-state index in [0.717, 1.165) is 11.3 Å². The summed E-state index contributed by atoms with van der Waals surface area (Å²) in [6.07, 6.45) is 6.51. The standard InChI is InChI=1S/C10H8N2O/c1-2-8-3-4-9(12-5-8)10-6-11-7-13-10/h2-7H,1H2. The quantitative estimate of drug-likeness (QED) is 0.698. The number of pyridine rings is 1. The molecule has 0 saturated carbocycles. The molecule has 3 heteroatoms. The first-order valence-electron chi connectivity index (χ1n) is 3.87. The summed E-state index contributed by atoms with van der Waals surface area (Å²) in [5, 5.41) is 0. The van der Waals surface area contributed by atoms with Crippen LogP contribution in [0.15, 0.2) is 41.9 Å². The van der Waals surface area contributed by atoms with E-state index in [4.69, 9.17) is 4.42 Å². The molecule has 0 aliphatic carbocycles. The zero-order chi connectivity index (χ0) is 9.10. The lowest BCUT2D eigenvalue weighted by atomic mass is 10.2. The second kappa shape index (κ2) is 3.23. The van der Waals surface area contributed by atoms with E-state index >= 15 is 0 Å². The molecule has 0 aromatic carbocycles. The van der Waals surface area contributed by atoms with Gasteiger partial charge in [-0.15, -0.1) is 0 Å². The fourth-order valence-electron chi connectivity index (χ4n) is 1.01. The summed E-state index contributed by atoms with van der Waals surface area (Å²) >= 11 is 0. The molecule has 2 rings (SSSR count). The molecule has 0 aliphatic rings. The lowest BCUT2D eigenvalue weighted by molar-refractivity contribution is 0.570. The van der Waals surface area contributed by atoms with E-state index in [-0.39, 0.29) is 0 Å². The van der Waals surface area contributed by atoms with E-state index in [1.807, 2.05) is 12.1 Å². The lowest BCUT2D eigenvalue weighted by Gasteiger charge is -1.95. The minimum Gasteiger partial charge on any atom is -0.442 e. The van der Waals surface area contributed by atoms with Crippen LogP contribution in [0.1, 0.15) is 5.56 Å². The Balaban J connectivity index is 2.38. The molecule has 2 aromatic heterocycles. The topological polar surface area (TPSA) is 38.9 Å². The Morgan fingerprint density at radius 3 is 2.77 bits per heavy atom.